The van der Waals surface area contributed by atoms with Crippen molar-refractivity contribution in [2.75, 3.05) is 7.11 Å². The van der Waals surface area contributed by atoms with Gasteiger partial charge in [-0.2, -0.15) is 4.99 Å². The molecule has 0 unspecified atom stereocenters. The van der Waals surface area contributed by atoms with Gasteiger partial charge in [-0.1, -0.05) is 47.2 Å². The Kier molecular flexibility index (Phi) is 5.31. The third kappa shape index (κ3) is 3.81. The summed E-state index contributed by atoms with van der Waals surface area (Å²) in [7, 11) is 1.35. The van der Waals surface area contributed by atoms with Crippen molar-refractivity contribution < 1.29 is 14.3 Å². The summed E-state index contributed by atoms with van der Waals surface area (Å²) in [6.45, 7) is 0.380. The van der Waals surface area contributed by atoms with Gasteiger partial charge in [-0.05, 0) is 24.3 Å². The van der Waals surface area contributed by atoms with Gasteiger partial charge in [0.1, 0.15) is 0 Å². The molecule has 0 aliphatic heterocycles. The van der Waals surface area contributed by atoms with Crippen LogP contribution in [0.4, 0.5) is 0 Å². The molecule has 0 aliphatic carbocycles. The number of fused-ring (bicyclic) bond motifs is 1. The van der Waals surface area contributed by atoms with Crippen LogP contribution >= 0.6 is 22.9 Å². The van der Waals surface area contributed by atoms with Crippen LogP contribution in [0.3, 0.4) is 0 Å². The highest BCUT2D eigenvalue weighted by atomic mass is 35.5. The molecule has 1 aromatic heterocycles. The fourth-order valence-electron chi connectivity index (χ4n) is 2.41. The molecule has 0 saturated carbocycles. The zero-order chi connectivity index (χ0) is 17.8. The van der Waals surface area contributed by atoms with Crippen LogP contribution in [0.15, 0.2) is 53.5 Å². The third-order valence-corrected chi connectivity index (χ3v) is 5.05. The van der Waals surface area contributed by atoms with Gasteiger partial charge in [0.25, 0.3) is 5.91 Å². The van der Waals surface area contributed by atoms with E-state index in [1.54, 1.807) is 24.3 Å². The van der Waals surface area contributed by atoms with Crippen molar-refractivity contribution in [3.8, 4) is 0 Å². The smallest absolute Gasteiger partial charge is 0.307 e. The number of aryl methyl sites for hydroxylation is 1. The van der Waals surface area contributed by atoms with E-state index in [9.17, 15) is 9.59 Å². The summed E-state index contributed by atoms with van der Waals surface area (Å²) in [5, 5.41) is 0.360. The number of ether oxygens (including phenoxy) is 1. The number of para-hydroxylation sites is 1. The standard InChI is InChI=1S/C18H15ClN2O3S/c1-24-16(22)10-11-21-14-8-4-5-9-15(14)25-18(21)20-17(23)12-6-2-3-7-13(12)19/h2-9H,10-11H2,1H3. The maximum atomic E-state index is 12.5. The maximum Gasteiger partial charge on any atom is 0.307 e. The fraction of sp³-hybridized carbons (Fsp3) is 0.167. The number of thiazole rings is 1. The number of aromatic nitrogens is 1. The lowest BCUT2D eigenvalue weighted by molar-refractivity contribution is -0.140. The number of carbonyl (C=O) groups is 2. The van der Waals surface area contributed by atoms with Crippen molar-refractivity contribution in [2.24, 2.45) is 4.99 Å². The van der Waals surface area contributed by atoms with Gasteiger partial charge in [0.2, 0.25) is 0 Å². The van der Waals surface area contributed by atoms with Gasteiger partial charge in [-0.3, -0.25) is 9.59 Å². The number of benzene rings is 2. The summed E-state index contributed by atoms with van der Waals surface area (Å²) in [6, 6.07) is 14.5. The normalized spacial score (nSPS) is 11.7. The monoisotopic (exact) mass is 374 g/mol. The Balaban J connectivity index is 2.07. The Hall–Kier alpha value is -2.44. The van der Waals surface area contributed by atoms with Gasteiger partial charge in [-0.15, -0.1) is 0 Å². The van der Waals surface area contributed by atoms with Crippen LogP contribution < -0.4 is 4.80 Å². The highest BCUT2D eigenvalue weighted by molar-refractivity contribution is 7.16. The maximum absolute atomic E-state index is 12.5. The molecule has 0 radical (unpaired) electrons. The molecule has 0 saturated heterocycles. The molecule has 1 heterocycles. The van der Waals surface area contributed by atoms with Crippen LogP contribution in [-0.4, -0.2) is 23.6 Å². The predicted molar refractivity (Wildman–Crippen MR) is 97.8 cm³/mol. The molecule has 0 spiro atoms. The molecule has 1 amide bonds. The molecule has 25 heavy (non-hydrogen) atoms. The van der Waals surface area contributed by atoms with Crippen LogP contribution in [0, 0.1) is 0 Å². The molecule has 3 rings (SSSR count). The van der Waals surface area contributed by atoms with E-state index in [1.165, 1.54) is 18.4 Å². The first-order chi connectivity index (χ1) is 12.1. The van der Waals surface area contributed by atoms with E-state index in [4.69, 9.17) is 16.3 Å². The van der Waals surface area contributed by atoms with Crippen LogP contribution in [0.5, 0.6) is 0 Å². The molecular weight excluding hydrogens is 360 g/mol. The number of hydrogen-bond donors (Lipinski definition) is 0. The second-order valence-electron chi connectivity index (χ2n) is 5.23. The molecule has 0 atom stereocenters. The van der Waals surface area contributed by atoms with Gasteiger partial charge < -0.3 is 9.30 Å². The molecular formula is C18H15ClN2O3S. The Labute approximate surface area is 153 Å². The first kappa shape index (κ1) is 17.4. The Bertz CT molecular complexity index is 1010. The van der Waals surface area contributed by atoms with E-state index in [1.807, 2.05) is 28.8 Å². The summed E-state index contributed by atoms with van der Waals surface area (Å²) in [5.41, 5.74) is 1.27. The third-order valence-electron chi connectivity index (χ3n) is 3.66. The minimum absolute atomic E-state index is 0.199. The van der Waals surface area contributed by atoms with Crippen LogP contribution in [-0.2, 0) is 16.1 Å². The number of nitrogens with zero attached hydrogens (tertiary/aromatic N) is 2. The Morgan fingerprint density at radius 3 is 2.64 bits per heavy atom. The van der Waals surface area contributed by atoms with Crippen LogP contribution in [0.25, 0.3) is 10.2 Å². The minimum atomic E-state index is -0.413. The molecule has 2 aromatic carbocycles. The summed E-state index contributed by atoms with van der Waals surface area (Å²) in [6.07, 6.45) is 0.199. The van der Waals surface area contributed by atoms with Crippen molar-refractivity contribution in [1.82, 2.24) is 4.57 Å². The average molecular weight is 375 g/mol. The van der Waals surface area contributed by atoms with Crippen molar-refractivity contribution in [1.29, 1.82) is 0 Å². The SMILES string of the molecule is COC(=O)CCn1c(=NC(=O)c2ccccc2Cl)sc2ccccc21. The average Bonchev–Trinajstić information content (AvgIpc) is 2.97. The van der Waals surface area contributed by atoms with E-state index in [2.05, 4.69) is 4.99 Å². The zero-order valence-corrected chi connectivity index (χ0v) is 15.0. The van der Waals surface area contributed by atoms with Gasteiger partial charge in [-0.25, -0.2) is 0 Å². The number of methoxy groups -OCH3 is 1. The molecule has 0 bridgehead atoms. The summed E-state index contributed by atoms with van der Waals surface area (Å²) in [5.74, 6) is -0.727. The zero-order valence-electron chi connectivity index (χ0n) is 13.4. The van der Waals surface area contributed by atoms with Gasteiger partial charge >= 0.3 is 5.97 Å². The van der Waals surface area contributed by atoms with Crippen molar-refractivity contribution >= 4 is 45.0 Å². The van der Waals surface area contributed by atoms with Gasteiger partial charge in [0.15, 0.2) is 4.80 Å². The second-order valence-corrected chi connectivity index (χ2v) is 6.64. The largest absolute Gasteiger partial charge is 0.469 e. The number of esters is 1. The molecule has 0 N–H and O–H groups in total. The molecule has 3 aromatic rings. The first-order valence-corrected chi connectivity index (χ1v) is 8.78. The lowest BCUT2D eigenvalue weighted by Gasteiger charge is -2.04. The number of rotatable bonds is 4. The molecule has 0 aliphatic rings. The molecule has 128 valence electrons. The van der Waals surface area contributed by atoms with E-state index in [-0.39, 0.29) is 12.4 Å². The van der Waals surface area contributed by atoms with Crippen LogP contribution in [0.1, 0.15) is 16.8 Å². The van der Waals surface area contributed by atoms with Gasteiger partial charge in [0, 0.05) is 6.54 Å². The van der Waals surface area contributed by atoms with E-state index in [0.717, 1.165) is 10.2 Å². The van der Waals surface area contributed by atoms with Crippen molar-refractivity contribution in [3.05, 3.63) is 63.9 Å². The van der Waals surface area contributed by atoms with E-state index < -0.39 is 5.91 Å². The van der Waals surface area contributed by atoms with Gasteiger partial charge in [0.05, 0.1) is 34.3 Å². The number of carbonyl (C=O) groups excluding carboxylic acids is 2. The van der Waals surface area contributed by atoms with E-state index >= 15 is 0 Å². The van der Waals surface area contributed by atoms with E-state index in [0.29, 0.717) is 21.9 Å². The van der Waals surface area contributed by atoms with Crippen molar-refractivity contribution in [3.63, 3.8) is 0 Å². The lowest BCUT2D eigenvalue weighted by atomic mass is 10.2. The molecule has 0 fully saturated rings. The number of amides is 1. The Morgan fingerprint density at radius 2 is 1.88 bits per heavy atom. The minimum Gasteiger partial charge on any atom is -0.469 e. The fourth-order valence-corrected chi connectivity index (χ4v) is 3.68. The summed E-state index contributed by atoms with van der Waals surface area (Å²) >= 11 is 7.47. The summed E-state index contributed by atoms with van der Waals surface area (Å²) in [4.78, 5) is 28.8. The quantitative estimate of drug-likeness (QED) is 0.655. The predicted octanol–water partition coefficient (Wildman–Crippen LogP) is 3.66. The molecule has 7 heteroatoms. The highest BCUT2D eigenvalue weighted by Crippen LogP contribution is 2.19. The topological polar surface area (TPSA) is 60.7 Å². The number of hydrogen-bond acceptors (Lipinski definition) is 4. The highest BCUT2D eigenvalue weighted by Gasteiger charge is 2.12. The van der Waals surface area contributed by atoms with Crippen LogP contribution in [0.2, 0.25) is 5.02 Å². The molecule has 5 nitrogen and oxygen atoms in total. The van der Waals surface area contributed by atoms with Crippen molar-refractivity contribution in [2.45, 2.75) is 13.0 Å². The lowest BCUT2D eigenvalue weighted by Crippen LogP contribution is -2.19. The summed E-state index contributed by atoms with van der Waals surface area (Å²) < 4.78 is 7.54. The Morgan fingerprint density at radius 1 is 1.16 bits per heavy atom. The second kappa shape index (κ2) is 7.63. The first-order valence-electron chi connectivity index (χ1n) is 7.59. The number of halogens is 1.